The van der Waals surface area contributed by atoms with Crippen LogP contribution >= 0.6 is 0 Å². The predicted octanol–water partition coefficient (Wildman–Crippen LogP) is 2.91. The van der Waals surface area contributed by atoms with E-state index in [-0.39, 0.29) is 17.7 Å². The van der Waals surface area contributed by atoms with Crippen LogP contribution in [0.5, 0.6) is 5.75 Å². The Morgan fingerprint density at radius 2 is 2.00 bits per heavy atom. The molecule has 2 rings (SSSR count). The van der Waals surface area contributed by atoms with Crippen LogP contribution in [0.1, 0.15) is 5.56 Å². The summed E-state index contributed by atoms with van der Waals surface area (Å²) in [7, 11) is 1.26. The molecule has 3 nitrogen and oxygen atoms in total. The number of carbonyl (C=O) groups is 1. The van der Waals surface area contributed by atoms with E-state index in [4.69, 9.17) is 0 Å². The molecule has 0 aliphatic carbocycles. The minimum atomic E-state index is -0.494. The third-order valence-corrected chi connectivity index (χ3v) is 2.80. The molecule has 0 aliphatic rings. The van der Waals surface area contributed by atoms with Crippen molar-refractivity contribution in [1.82, 2.24) is 0 Å². The fraction of sp³-hybridized carbons (Fsp3) is 0.133. The van der Waals surface area contributed by atoms with E-state index in [0.717, 1.165) is 0 Å². The highest BCUT2D eigenvalue weighted by molar-refractivity contribution is 5.74. The van der Waals surface area contributed by atoms with Crippen LogP contribution in [-0.2, 0) is 16.0 Å². The summed E-state index contributed by atoms with van der Waals surface area (Å²) >= 11 is 0. The molecule has 98 valence electrons. The van der Waals surface area contributed by atoms with Crippen molar-refractivity contribution < 1.29 is 19.0 Å². The normalized spacial score (nSPS) is 10.2. The van der Waals surface area contributed by atoms with Gasteiger partial charge in [-0.25, -0.2) is 4.39 Å². The van der Waals surface area contributed by atoms with Gasteiger partial charge in [0.15, 0.2) is 0 Å². The summed E-state index contributed by atoms with van der Waals surface area (Å²) in [5.41, 5.74) is 1.18. The molecule has 2 aromatic rings. The molecule has 0 fully saturated rings. The van der Waals surface area contributed by atoms with E-state index in [1.54, 1.807) is 30.3 Å². The van der Waals surface area contributed by atoms with E-state index in [2.05, 4.69) is 4.74 Å². The lowest BCUT2D eigenvalue weighted by Crippen LogP contribution is -2.06. The molecular weight excluding hydrogens is 247 g/mol. The van der Waals surface area contributed by atoms with Crippen LogP contribution in [0.15, 0.2) is 42.5 Å². The molecule has 0 spiro atoms. The third-order valence-electron chi connectivity index (χ3n) is 2.80. The van der Waals surface area contributed by atoms with E-state index in [9.17, 15) is 14.3 Å². The van der Waals surface area contributed by atoms with Crippen LogP contribution < -0.4 is 0 Å². The van der Waals surface area contributed by atoms with Gasteiger partial charge in [0.2, 0.25) is 0 Å². The Morgan fingerprint density at radius 3 is 2.68 bits per heavy atom. The Kier molecular flexibility index (Phi) is 3.80. The second kappa shape index (κ2) is 5.52. The fourth-order valence-corrected chi connectivity index (χ4v) is 1.84. The second-order valence-electron chi connectivity index (χ2n) is 4.08. The average molecular weight is 260 g/mol. The van der Waals surface area contributed by atoms with Gasteiger partial charge in [-0.1, -0.05) is 30.3 Å². The van der Waals surface area contributed by atoms with Gasteiger partial charge in [-0.15, -0.1) is 0 Å². The molecule has 0 aromatic heterocycles. The summed E-state index contributed by atoms with van der Waals surface area (Å²) < 4.78 is 18.8. The molecule has 0 saturated heterocycles. The Morgan fingerprint density at radius 1 is 1.26 bits per heavy atom. The molecule has 0 aliphatic heterocycles. The average Bonchev–Trinajstić information content (AvgIpc) is 2.41. The number of esters is 1. The second-order valence-corrected chi connectivity index (χ2v) is 4.08. The summed E-state index contributed by atoms with van der Waals surface area (Å²) in [4.78, 5) is 11.2. The van der Waals surface area contributed by atoms with Crippen molar-refractivity contribution in [3.8, 4) is 16.9 Å². The zero-order chi connectivity index (χ0) is 13.8. The number of halogens is 1. The summed E-state index contributed by atoms with van der Waals surface area (Å²) in [6.45, 7) is 0. The van der Waals surface area contributed by atoms with Gasteiger partial charge in [0, 0.05) is 5.56 Å². The van der Waals surface area contributed by atoms with Crippen LogP contribution in [-0.4, -0.2) is 18.2 Å². The van der Waals surface area contributed by atoms with Crippen LogP contribution in [0.3, 0.4) is 0 Å². The predicted molar refractivity (Wildman–Crippen MR) is 69.2 cm³/mol. The molecule has 0 radical (unpaired) electrons. The number of methoxy groups -OCH3 is 1. The molecular formula is C15H13FO3. The van der Waals surface area contributed by atoms with Crippen LogP contribution in [0, 0.1) is 5.82 Å². The Labute approximate surface area is 110 Å². The number of benzene rings is 2. The monoisotopic (exact) mass is 260 g/mol. The number of rotatable bonds is 3. The smallest absolute Gasteiger partial charge is 0.310 e. The highest BCUT2D eigenvalue weighted by atomic mass is 19.1. The van der Waals surface area contributed by atoms with E-state index in [1.165, 1.54) is 19.2 Å². The first-order valence-corrected chi connectivity index (χ1v) is 5.75. The molecule has 0 amide bonds. The van der Waals surface area contributed by atoms with Crippen molar-refractivity contribution in [2.75, 3.05) is 7.11 Å². The lowest BCUT2D eigenvalue weighted by atomic mass is 10.0. The molecule has 0 unspecified atom stereocenters. The van der Waals surface area contributed by atoms with E-state index >= 15 is 0 Å². The van der Waals surface area contributed by atoms with Gasteiger partial charge in [-0.3, -0.25) is 4.79 Å². The maximum atomic E-state index is 14.3. The van der Waals surface area contributed by atoms with Crippen molar-refractivity contribution in [3.05, 3.63) is 53.8 Å². The van der Waals surface area contributed by atoms with Gasteiger partial charge in [-0.2, -0.15) is 0 Å². The molecule has 2 aromatic carbocycles. The maximum Gasteiger partial charge on any atom is 0.310 e. The van der Waals surface area contributed by atoms with E-state index < -0.39 is 11.8 Å². The summed E-state index contributed by atoms with van der Waals surface area (Å²) in [5, 5.41) is 9.42. The molecule has 19 heavy (non-hydrogen) atoms. The Hall–Kier alpha value is -2.36. The van der Waals surface area contributed by atoms with Crippen molar-refractivity contribution in [1.29, 1.82) is 0 Å². The van der Waals surface area contributed by atoms with Gasteiger partial charge < -0.3 is 9.84 Å². The van der Waals surface area contributed by atoms with Crippen molar-refractivity contribution in [2.45, 2.75) is 6.42 Å². The topological polar surface area (TPSA) is 46.5 Å². The van der Waals surface area contributed by atoms with Gasteiger partial charge in [-0.05, 0) is 23.3 Å². The lowest BCUT2D eigenvalue weighted by Gasteiger charge is -2.08. The Bertz CT molecular complexity index is 608. The minimum absolute atomic E-state index is 0.0651. The number of ether oxygens (including phenoxy) is 1. The first-order chi connectivity index (χ1) is 9.11. The van der Waals surface area contributed by atoms with Gasteiger partial charge in [0.25, 0.3) is 0 Å². The summed E-state index contributed by atoms with van der Waals surface area (Å²) in [6.07, 6.45) is -0.116. The first kappa shape index (κ1) is 13.1. The number of hydrogen-bond donors (Lipinski definition) is 1. The molecule has 4 heteroatoms. The molecule has 0 atom stereocenters. The summed E-state index contributed by atoms with van der Waals surface area (Å²) in [5.74, 6) is -0.902. The van der Waals surface area contributed by atoms with Crippen LogP contribution in [0.25, 0.3) is 11.1 Å². The quantitative estimate of drug-likeness (QED) is 0.863. The Balaban J connectivity index is 2.42. The molecule has 0 heterocycles. The van der Waals surface area contributed by atoms with E-state index in [1.807, 2.05) is 0 Å². The highest BCUT2D eigenvalue weighted by Gasteiger charge is 2.13. The summed E-state index contributed by atoms with van der Waals surface area (Å²) in [6, 6.07) is 11.1. The number of carbonyl (C=O) groups excluding carboxylic acids is 1. The zero-order valence-corrected chi connectivity index (χ0v) is 10.4. The first-order valence-electron chi connectivity index (χ1n) is 5.75. The SMILES string of the molecule is COC(=O)Cc1cccc(-c2cccc(O)c2)c1F. The van der Waals surface area contributed by atoms with Crippen LogP contribution in [0.2, 0.25) is 0 Å². The molecule has 0 bridgehead atoms. The fourth-order valence-electron chi connectivity index (χ4n) is 1.84. The highest BCUT2D eigenvalue weighted by Crippen LogP contribution is 2.27. The molecule has 1 N–H and O–H groups in total. The van der Waals surface area contributed by atoms with Crippen molar-refractivity contribution in [2.24, 2.45) is 0 Å². The van der Waals surface area contributed by atoms with Crippen molar-refractivity contribution in [3.63, 3.8) is 0 Å². The van der Waals surface area contributed by atoms with Crippen LogP contribution in [0.4, 0.5) is 4.39 Å². The number of aromatic hydroxyl groups is 1. The third kappa shape index (κ3) is 2.91. The molecule has 0 saturated carbocycles. The lowest BCUT2D eigenvalue weighted by molar-refractivity contribution is -0.139. The van der Waals surface area contributed by atoms with Gasteiger partial charge >= 0.3 is 5.97 Å². The number of hydrogen-bond acceptors (Lipinski definition) is 3. The number of phenols is 1. The largest absolute Gasteiger partial charge is 0.508 e. The van der Waals surface area contributed by atoms with Gasteiger partial charge in [0.05, 0.1) is 13.5 Å². The van der Waals surface area contributed by atoms with Gasteiger partial charge in [0.1, 0.15) is 11.6 Å². The zero-order valence-electron chi connectivity index (χ0n) is 10.4. The standard InChI is InChI=1S/C15H13FO3/c1-19-14(18)9-11-5-3-7-13(15(11)16)10-4-2-6-12(17)8-10/h2-8,17H,9H2,1H3. The minimum Gasteiger partial charge on any atom is -0.508 e. The maximum absolute atomic E-state index is 14.3. The van der Waals surface area contributed by atoms with E-state index in [0.29, 0.717) is 11.1 Å². The van der Waals surface area contributed by atoms with Crippen molar-refractivity contribution >= 4 is 5.97 Å². The number of phenolic OH excluding ortho intramolecular Hbond substituents is 1.